The SMILES string of the molecule is CC(=O)NCc1ccc(OC=O)c(F)c1. The summed E-state index contributed by atoms with van der Waals surface area (Å²) in [7, 11) is 0. The molecular weight excluding hydrogens is 201 g/mol. The first kappa shape index (κ1) is 11.2. The van der Waals surface area contributed by atoms with Crippen molar-refractivity contribution in [2.75, 3.05) is 0 Å². The zero-order valence-corrected chi connectivity index (χ0v) is 8.12. The van der Waals surface area contributed by atoms with Gasteiger partial charge in [0.05, 0.1) is 0 Å². The highest BCUT2D eigenvalue weighted by molar-refractivity contribution is 5.72. The van der Waals surface area contributed by atoms with Crippen LogP contribution in [0.25, 0.3) is 0 Å². The molecule has 80 valence electrons. The minimum Gasteiger partial charge on any atom is -0.426 e. The first-order chi connectivity index (χ1) is 7.13. The highest BCUT2D eigenvalue weighted by Gasteiger charge is 2.04. The van der Waals surface area contributed by atoms with Gasteiger partial charge in [0.25, 0.3) is 6.47 Å². The van der Waals surface area contributed by atoms with Gasteiger partial charge in [-0.05, 0) is 17.7 Å². The van der Waals surface area contributed by atoms with E-state index in [-0.39, 0.29) is 24.7 Å². The number of benzene rings is 1. The molecule has 15 heavy (non-hydrogen) atoms. The number of carbonyl (C=O) groups is 2. The highest BCUT2D eigenvalue weighted by atomic mass is 19.1. The lowest BCUT2D eigenvalue weighted by Gasteiger charge is -2.04. The Bertz CT molecular complexity index is 379. The summed E-state index contributed by atoms with van der Waals surface area (Å²) in [5.41, 5.74) is 0.598. The molecule has 0 atom stereocenters. The third-order valence-electron chi connectivity index (χ3n) is 1.71. The van der Waals surface area contributed by atoms with E-state index in [1.165, 1.54) is 19.1 Å². The summed E-state index contributed by atoms with van der Waals surface area (Å²) in [5.74, 6) is -0.954. The maximum absolute atomic E-state index is 13.2. The second kappa shape index (κ2) is 5.09. The summed E-state index contributed by atoms with van der Waals surface area (Å²) in [6, 6.07) is 4.10. The average molecular weight is 211 g/mol. The second-order valence-corrected chi connectivity index (χ2v) is 2.89. The maximum atomic E-state index is 13.2. The van der Waals surface area contributed by atoms with Crippen LogP contribution in [0.4, 0.5) is 4.39 Å². The third-order valence-corrected chi connectivity index (χ3v) is 1.71. The molecule has 0 aromatic heterocycles. The van der Waals surface area contributed by atoms with Crippen LogP contribution in [-0.2, 0) is 16.1 Å². The van der Waals surface area contributed by atoms with E-state index in [9.17, 15) is 14.0 Å². The van der Waals surface area contributed by atoms with Crippen molar-refractivity contribution in [3.63, 3.8) is 0 Å². The van der Waals surface area contributed by atoms with Gasteiger partial charge in [0.15, 0.2) is 11.6 Å². The number of hydrogen-bond donors (Lipinski definition) is 1. The lowest BCUT2D eigenvalue weighted by molar-refractivity contribution is -0.121. The monoisotopic (exact) mass is 211 g/mol. The van der Waals surface area contributed by atoms with Crippen molar-refractivity contribution in [1.82, 2.24) is 5.32 Å². The molecule has 1 rings (SSSR count). The van der Waals surface area contributed by atoms with Crippen LogP contribution in [0.15, 0.2) is 18.2 Å². The van der Waals surface area contributed by atoms with Crippen LogP contribution in [0, 0.1) is 5.82 Å². The molecule has 0 radical (unpaired) electrons. The van der Waals surface area contributed by atoms with Crippen LogP contribution in [0.1, 0.15) is 12.5 Å². The van der Waals surface area contributed by atoms with E-state index in [1.807, 2.05) is 0 Å². The molecule has 0 aliphatic rings. The predicted octanol–water partition coefficient (Wildman–Crippen LogP) is 0.997. The predicted molar refractivity (Wildman–Crippen MR) is 50.6 cm³/mol. The van der Waals surface area contributed by atoms with Crippen LogP contribution in [-0.4, -0.2) is 12.4 Å². The molecule has 0 heterocycles. The van der Waals surface area contributed by atoms with Crippen LogP contribution < -0.4 is 10.1 Å². The van der Waals surface area contributed by atoms with E-state index in [0.717, 1.165) is 0 Å². The quantitative estimate of drug-likeness (QED) is 0.756. The van der Waals surface area contributed by atoms with Gasteiger partial charge in [0.2, 0.25) is 5.91 Å². The van der Waals surface area contributed by atoms with E-state index in [2.05, 4.69) is 10.1 Å². The van der Waals surface area contributed by atoms with Crippen LogP contribution in [0.5, 0.6) is 5.75 Å². The number of hydrogen-bond acceptors (Lipinski definition) is 3. The zero-order chi connectivity index (χ0) is 11.3. The topological polar surface area (TPSA) is 55.4 Å². The van der Waals surface area contributed by atoms with Crippen LogP contribution in [0.3, 0.4) is 0 Å². The molecule has 4 nitrogen and oxygen atoms in total. The number of ether oxygens (including phenoxy) is 1. The fraction of sp³-hybridized carbons (Fsp3) is 0.200. The Kier molecular flexibility index (Phi) is 3.79. The van der Waals surface area contributed by atoms with Gasteiger partial charge < -0.3 is 10.1 Å². The van der Waals surface area contributed by atoms with Crippen molar-refractivity contribution in [3.05, 3.63) is 29.6 Å². The smallest absolute Gasteiger partial charge is 0.298 e. The molecular formula is C10H10FNO3. The van der Waals surface area contributed by atoms with E-state index < -0.39 is 5.82 Å². The Morgan fingerprint density at radius 3 is 2.87 bits per heavy atom. The van der Waals surface area contributed by atoms with Gasteiger partial charge in [-0.25, -0.2) is 4.39 Å². The number of amides is 1. The molecule has 0 bridgehead atoms. The van der Waals surface area contributed by atoms with E-state index in [4.69, 9.17) is 0 Å². The van der Waals surface area contributed by atoms with Gasteiger partial charge in [-0.1, -0.05) is 6.07 Å². The molecule has 0 fully saturated rings. The van der Waals surface area contributed by atoms with Gasteiger partial charge >= 0.3 is 0 Å². The first-order valence-corrected chi connectivity index (χ1v) is 4.26. The van der Waals surface area contributed by atoms with Crippen molar-refractivity contribution in [2.45, 2.75) is 13.5 Å². The van der Waals surface area contributed by atoms with Crippen molar-refractivity contribution in [2.24, 2.45) is 0 Å². The lowest BCUT2D eigenvalue weighted by atomic mass is 10.2. The Morgan fingerprint density at radius 1 is 1.60 bits per heavy atom. The zero-order valence-electron chi connectivity index (χ0n) is 8.12. The molecule has 0 saturated carbocycles. The van der Waals surface area contributed by atoms with Crippen LogP contribution >= 0.6 is 0 Å². The number of nitrogens with one attached hydrogen (secondary N) is 1. The maximum Gasteiger partial charge on any atom is 0.298 e. The van der Waals surface area contributed by atoms with Gasteiger partial charge in [-0.3, -0.25) is 9.59 Å². The Morgan fingerprint density at radius 2 is 2.33 bits per heavy atom. The Balaban J connectivity index is 2.72. The van der Waals surface area contributed by atoms with Crippen molar-refractivity contribution >= 4 is 12.4 Å². The van der Waals surface area contributed by atoms with Gasteiger partial charge in [-0.15, -0.1) is 0 Å². The first-order valence-electron chi connectivity index (χ1n) is 4.26. The lowest BCUT2D eigenvalue weighted by Crippen LogP contribution is -2.18. The van der Waals surface area contributed by atoms with E-state index in [1.54, 1.807) is 6.07 Å². The van der Waals surface area contributed by atoms with Gasteiger partial charge in [-0.2, -0.15) is 0 Å². The molecule has 1 aromatic carbocycles. The Hall–Kier alpha value is -1.91. The Labute approximate surface area is 86.0 Å². The fourth-order valence-electron chi connectivity index (χ4n) is 1.03. The molecule has 0 saturated heterocycles. The minimum atomic E-state index is -0.634. The minimum absolute atomic E-state index is 0.128. The summed E-state index contributed by atoms with van der Waals surface area (Å²) >= 11 is 0. The third kappa shape index (κ3) is 3.38. The molecule has 0 aliphatic heterocycles. The molecule has 1 aromatic rings. The normalized spacial score (nSPS) is 9.47. The number of halogens is 1. The molecule has 0 unspecified atom stereocenters. The van der Waals surface area contributed by atoms with E-state index in [0.29, 0.717) is 5.56 Å². The van der Waals surface area contributed by atoms with Gasteiger partial charge in [0, 0.05) is 13.5 Å². The number of rotatable bonds is 4. The fourth-order valence-corrected chi connectivity index (χ4v) is 1.03. The van der Waals surface area contributed by atoms with Gasteiger partial charge in [0.1, 0.15) is 0 Å². The molecule has 1 N–H and O–H groups in total. The average Bonchev–Trinajstić information content (AvgIpc) is 2.19. The largest absolute Gasteiger partial charge is 0.426 e. The second-order valence-electron chi connectivity index (χ2n) is 2.89. The summed E-state index contributed by atoms with van der Waals surface area (Å²) < 4.78 is 17.5. The summed E-state index contributed by atoms with van der Waals surface area (Å²) in [5, 5.41) is 2.52. The standard InChI is InChI=1S/C10H10FNO3/c1-7(14)12-5-8-2-3-10(15-6-13)9(11)4-8/h2-4,6H,5H2,1H3,(H,12,14). The van der Waals surface area contributed by atoms with Crippen molar-refractivity contribution in [1.29, 1.82) is 0 Å². The molecule has 1 amide bonds. The molecule has 5 heteroatoms. The van der Waals surface area contributed by atoms with Crippen LogP contribution in [0.2, 0.25) is 0 Å². The summed E-state index contributed by atoms with van der Waals surface area (Å²) in [6.45, 7) is 1.78. The van der Waals surface area contributed by atoms with Crippen molar-refractivity contribution in [3.8, 4) is 5.75 Å². The molecule has 0 aliphatic carbocycles. The summed E-state index contributed by atoms with van der Waals surface area (Å²) in [6.07, 6.45) is 0. The molecule has 0 spiro atoms. The number of carbonyl (C=O) groups excluding carboxylic acids is 2. The summed E-state index contributed by atoms with van der Waals surface area (Å²) in [4.78, 5) is 20.6. The van der Waals surface area contributed by atoms with Crippen molar-refractivity contribution < 1.29 is 18.7 Å². The highest BCUT2D eigenvalue weighted by Crippen LogP contribution is 2.17. The van der Waals surface area contributed by atoms with E-state index >= 15 is 0 Å².